The highest BCUT2D eigenvalue weighted by atomic mass is 35.5. The Morgan fingerprint density at radius 2 is 1.75 bits per heavy atom. The standard InChI is InChI=1S/C21H23ClO6/c1-11(23)13-5-3-12(4-6-13)9-15-10-14(7-8-16(15)22)20-18(25)17(24)19(26)21(27-2)28-20/h3-8,10,17-21,24-26H,9H2,1-2H3. The lowest BCUT2D eigenvalue weighted by Crippen LogP contribution is -2.54. The molecule has 1 fully saturated rings. The van der Waals surface area contributed by atoms with Crippen LogP contribution in [0, 0.1) is 0 Å². The Hall–Kier alpha value is -1.80. The van der Waals surface area contributed by atoms with Gasteiger partial charge in [-0.25, -0.2) is 0 Å². The highest BCUT2D eigenvalue weighted by molar-refractivity contribution is 6.31. The molecule has 0 aromatic heterocycles. The van der Waals surface area contributed by atoms with Crippen molar-refractivity contribution in [3.8, 4) is 0 Å². The molecule has 0 bridgehead atoms. The predicted molar refractivity (Wildman–Crippen MR) is 103 cm³/mol. The number of aliphatic hydroxyl groups excluding tert-OH is 3. The van der Waals surface area contributed by atoms with Crippen molar-refractivity contribution in [3.63, 3.8) is 0 Å². The maximum Gasteiger partial charge on any atom is 0.186 e. The van der Waals surface area contributed by atoms with Gasteiger partial charge in [-0.15, -0.1) is 0 Å². The van der Waals surface area contributed by atoms with Gasteiger partial charge in [0.1, 0.15) is 24.4 Å². The first-order valence-corrected chi connectivity index (χ1v) is 9.30. The number of hydrogen-bond acceptors (Lipinski definition) is 6. The maximum absolute atomic E-state index is 11.4. The molecule has 3 rings (SSSR count). The second-order valence-electron chi connectivity index (χ2n) is 6.91. The van der Waals surface area contributed by atoms with Gasteiger partial charge in [0, 0.05) is 17.7 Å². The lowest BCUT2D eigenvalue weighted by molar-refractivity contribution is -0.292. The monoisotopic (exact) mass is 406 g/mol. The Morgan fingerprint density at radius 1 is 1.07 bits per heavy atom. The van der Waals surface area contributed by atoms with E-state index in [1.54, 1.807) is 30.3 Å². The summed E-state index contributed by atoms with van der Waals surface area (Å²) in [6.07, 6.45) is -5.47. The fourth-order valence-corrected chi connectivity index (χ4v) is 3.49. The van der Waals surface area contributed by atoms with E-state index in [0.717, 1.165) is 11.1 Å². The summed E-state index contributed by atoms with van der Waals surface area (Å²) in [6, 6.07) is 12.5. The lowest BCUT2D eigenvalue weighted by Gasteiger charge is -2.40. The molecular formula is C21H23ClO6. The minimum Gasteiger partial charge on any atom is -0.387 e. The van der Waals surface area contributed by atoms with Gasteiger partial charge in [-0.05, 0) is 36.1 Å². The van der Waals surface area contributed by atoms with Crippen LogP contribution in [-0.4, -0.2) is 52.8 Å². The summed E-state index contributed by atoms with van der Waals surface area (Å²) in [7, 11) is 1.35. The molecule has 0 aliphatic carbocycles. The van der Waals surface area contributed by atoms with Crippen LogP contribution in [0.25, 0.3) is 0 Å². The summed E-state index contributed by atoms with van der Waals surface area (Å²) in [6.45, 7) is 1.52. The number of methoxy groups -OCH3 is 1. The maximum atomic E-state index is 11.4. The van der Waals surface area contributed by atoms with Crippen LogP contribution in [0.5, 0.6) is 0 Å². The molecule has 150 valence electrons. The first-order chi connectivity index (χ1) is 13.3. The molecule has 5 unspecified atom stereocenters. The normalized spacial score (nSPS) is 27.6. The second-order valence-corrected chi connectivity index (χ2v) is 7.32. The Bertz CT molecular complexity index is 835. The zero-order chi connectivity index (χ0) is 20.4. The molecule has 0 radical (unpaired) electrons. The third kappa shape index (κ3) is 4.27. The predicted octanol–water partition coefficient (Wildman–Crippen LogP) is 2.26. The molecule has 3 N–H and O–H groups in total. The van der Waals surface area contributed by atoms with Crippen molar-refractivity contribution in [3.05, 3.63) is 69.7 Å². The van der Waals surface area contributed by atoms with E-state index in [4.69, 9.17) is 21.1 Å². The van der Waals surface area contributed by atoms with Crippen LogP contribution in [0.2, 0.25) is 5.02 Å². The molecule has 0 amide bonds. The average molecular weight is 407 g/mol. The Balaban J connectivity index is 1.85. The number of halogens is 1. The number of Topliss-reactive ketones (excluding diaryl/α,β-unsaturated/α-hetero) is 1. The molecule has 28 heavy (non-hydrogen) atoms. The van der Waals surface area contributed by atoms with Crippen molar-refractivity contribution >= 4 is 17.4 Å². The van der Waals surface area contributed by atoms with E-state index in [2.05, 4.69) is 0 Å². The molecule has 1 aliphatic rings. The van der Waals surface area contributed by atoms with Gasteiger partial charge in [0.25, 0.3) is 0 Å². The van der Waals surface area contributed by atoms with Gasteiger partial charge in [0.05, 0.1) is 0 Å². The number of ketones is 1. The lowest BCUT2D eigenvalue weighted by atomic mass is 9.92. The van der Waals surface area contributed by atoms with E-state index in [1.165, 1.54) is 14.0 Å². The van der Waals surface area contributed by atoms with Crippen molar-refractivity contribution in [2.24, 2.45) is 0 Å². The quantitative estimate of drug-likeness (QED) is 0.659. The zero-order valence-electron chi connectivity index (χ0n) is 15.6. The highest BCUT2D eigenvalue weighted by Gasteiger charge is 2.44. The number of hydrogen-bond donors (Lipinski definition) is 3. The zero-order valence-corrected chi connectivity index (χ0v) is 16.3. The van der Waals surface area contributed by atoms with Gasteiger partial charge in [0.2, 0.25) is 0 Å². The fourth-order valence-electron chi connectivity index (χ4n) is 3.30. The highest BCUT2D eigenvalue weighted by Crippen LogP contribution is 2.34. The number of carbonyl (C=O) groups excluding carboxylic acids is 1. The first kappa shape index (κ1) is 20.9. The Kier molecular flexibility index (Phi) is 6.50. The van der Waals surface area contributed by atoms with Gasteiger partial charge in [-0.3, -0.25) is 4.79 Å². The summed E-state index contributed by atoms with van der Waals surface area (Å²) < 4.78 is 10.7. The number of aliphatic hydroxyl groups is 3. The summed E-state index contributed by atoms with van der Waals surface area (Å²) in [5.41, 5.74) is 3.03. The Morgan fingerprint density at radius 3 is 2.36 bits per heavy atom. The largest absolute Gasteiger partial charge is 0.387 e. The summed E-state index contributed by atoms with van der Waals surface area (Å²) in [5, 5.41) is 30.9. The molecule has 1 heterocycles. The number of rotatable bonds is 5. The number of benzene rings is 2. The van der Waals surface area contributed by atoms with Crippen molar-refractivity contribution in [2.45, 2.75) is 44.1 Å². The minimum atomic E-state index is -1.40. The van der Waals surface area contributed by atoms with E-state index >= 15 is 0 Å². The second kappa shape index (κ2) is 8.69. The molecule has 1 saturated heterocycles. The van der Waals surface area contributed by atoms with Crippen LogP contribution in [0.4, 0.5) is 0 Å². The van der Waals surface area contributed by atoms with Gasteiger partial charge in [-0.1, -0.05) is 48.0 Å². The third-order valence-electron chi connectivity index (χ3n) is 4.96. The third-order valence-corrected chi connectivity index (χ3v) is 5.32. The van der Waals surface area contributed by atoms with Crippen LogP contribution < -0.4 is 0 Å². The van der Waals surface area contributed by atoms with E-state index in [-0.39, 0.29) is 5.78 Å². The summed E-state index contributed by atoms with van der Waals surface area (Å²) in [5.74, 6) is 0.00320. The van der Waals surface area contributed by atoms with E-state index < -0.39 is 30.7 Å². The van der Waals surface area contributed by atoms with Crippen LogP contribution in [0.3, 0.4) is 0 Å². The van der Waals surface area contributed by atoms with Gasteiger partial charge >= 0.3 is 0 Å². The van der Waals surface area contributed by atoms with E-state index in [0.29, 0.717) is 22.6 Å². The molecule has 6 nitrogen and oxygen atoms in total. The van der Waals surface area contributed by atoms with Crippen molar-refractivity contribution in [2.75, 3.05) is 7.11 Å². The van der Waals surface area contributed by atoms with Crippen molar-refractivity contribution in [1.29, 1.82) is 0 Å². The topological polar surface area (TPSA) is 96.2 Å². The molecule has 7 heteroatoms. The molecule has 5 atom stereocenters. The fraction of sp³-hybridized carbons (Fsp3) is 0.381. The summed E-state index contributed by atoms with van der Waals surface area (Å²) >= 11 is 6.34. The van der Waals surface area contributed by atoms with Gasteiger partial charge < -0.3 is 24.8 Å². The molecule has 0 saturated carbocycles. The number of carbonyl (C=O) groups is 1. The summed E-state index contributed by atoms with van der Waals surface area (Å²) in [4.78, 5) is 11.4. The molecular weight excluding hydrogens is 384 g/mol. The smallest absolute Gasteiger partial charge is 0.186 e. The Labute approximate surface area is 168 Å². The number of ether oxygens (including phenoxy) is 2. The molecule has 2 aromatic carbocycles. The average Bonchev–Trinajstić information content (AvgIpc) is 2.69. The van der Waals surface area contributed by atoms with Crippen LogP contribution in [0.15, 0.2) is 42.5 Å². The van der Waals surface area contributed by atoms with Crippen LogP contribution in [0.1, 0.15) is 40.1 Å². The van der Waals surface area contributed by atoms with Crippen LogP contribution >= 0.6 is 11.6 Å². The van der Waals surface area contributed by atoms with E-state index in [1.807, 2.05) is 12.1 Å². The van der Waals surface area contributed by atoms with Crippen molar-refractivity contribution < 1.29 is 29.6 Å². The molecule has 0 spiro atoms. The van der Waals surface area contributed by atoms with Crippen molar-refractivity contribution in [1.82, 2.24) is 0 Å². The molecule has 2 aromatic rings. The minimum absolute atomic E-state index is 0.00320. The molecule has 1 aliphatic heterocycles. The van der Waals surface area contributed by atoms with E-state index in [9.17, 15) is 20.1 Å². The van der Waals surface area contributed by atoms with Gasteiger partial charge in [0.15, 0.2) is 12.1 Å². The first-order valence-electron chi connectivity index (χ1n) is 8.92. The van der Waals surface area contributed by atoms with Crippen LogP contribution in [-0.2, 0) is 15.9 Å². The SMILES string of the molecule is COC1OC(c2ccc(Cl)c(Cc3ccc(C(C)=O)cc3)c2)C(O)C(O)C1O. The van der Waals surface area contributed by atoms with Gasteiger partial charge in [-0.2, -0.15) is 0 Å².